The molecule has 0 heterocycles. The molecule has 132 valence electrons. The summed E-state index contributed by atoms with van der Waals surface area (Å²) in [7, 11) is 0. The minimum absolute atomic E-state index is 0.0372. The van der Waals surface area contributed by atoms with Crippen LogP contribution >= 0.6 is 0 Å². The van der Waals surface area contributed by atoms with Gasteiger partial charge in [0.2, 0.25) is 5.91 Å². The van der Waals surface area contributed by atoms with E-state index in [0.717, 1.165) is 12.8 Å². The van der Waals surface area contributed by atoms with Gasteiger partial charge in [0.25, 0.3) is 0 Å². The lowest BCUT2D eigenvalue weighted by Gasteiger charge is -2.22. The maximum atomic E-state index is 12.4. The molecule has 0 fully saturated rings. The van der Waals surface area contributed by atoms with Gasteiger partial charge in [-0.3, -0.25) is 14.4 Å². The molecule has 0 saturated carbocycles. The molecular formula is C19H27NO4. The first-order valence-corrected chi connectivity index (χ1v) is 8.60. The quantitative estimate of drug-likeness (QED) is 0.461. The van der Waals surface area contributed by atoms with Gasteiger partial charge in [0, 0.05) is 31.5 Å². The lowest BCUT2D eigenvalue weighted by atomic mass is 10.1. The van der Waals surface area contributed by atoms with Gasteiger partial charge in [-0.25, -0.2) is 0 Å². The number of ketones is 1. The maximum absolute atomic E-state index is 12.4. The highest BCUT2D eigenvalue weighted by Crippen LogP contribution is 2.08. The van der Waals surface area contributed by atoms with Crippen molar-refractivity contribution < 1.29 is 19.1 Å². The zero-order valence-electron chi connectivity index (χ0n) is 14.6. The van der Waals surface area contributed by atoms with Crippen molar-refractivity contribution in [1.82, 2.24) is 4.90 Å². The second kappa shape index (κ2) is 11.4. The van der Waals surface area contributed by atoms with Crippen LogP contribution < -0.4 is 0 Å². The third-order valence-electron chi connectivity index (χ3n) is 3.69. The van der Waals surface area contributed by atoms with E-state index in [1.807, 2.05) is 25.1 Å². The normalized spacial score (nSPS) is 10.2. The van der Waals surface area contributed by atoms with E-state index in [1.165, 1.54) is 0 Å². The molecule has 0 aliphatic heterocycles. The molecule has 0 aliphatic rings. The summed E-state index contributed by atoms with van der Waals surface area (Å²) in [6, 6.07) is 8.97. The number of benzene rings is 1. The van der Waals surface area contributed by atoms with E-state index in [2.05, 4.69) is 0 Å². The number of carbonyl (C=O) groups excluding carboxylic acids is 3. The van der Waals surface area contributed by atoms with Crippen LogP contribution in [-0.4, -0.2) is 42.3 Å². The van der Waals surface area contributed by atoms with Crippen LogP contribution in [0, 0.1) is 0 Å². The van der Waals surface area contributed by atoms with Crippen molar-refractivity contribution >= 4 is 17.7 Å². The average Bonchev–Trinajstić information content (AvgIpc) is 2.60. The van der Waals surface area contributed by atoms with Crippen molar-refractivity contribution in [1.29, 1.82) is 0 Å². The topological polar surface area (TPSA) is 63.7 Å². The summed E-state index contributed by atoms with van der Waals surface area (Å²) in [6.45, 7) is 5.10. The summed E-state index contributed by atoms with van der Waals surface area (Å²) in [6.07, 6.45) is 2.38. The zero-order valence-corrected chi connectivity index (χ0v) is 14.6. The molecule has 0 unspecified atom stereocenters. The number of hydrogen-bond acceptors (Lipinski definition) is 4. The first-order valence-electron chi connectivity index (χ1n) is 8.60. The van der Waals surface area contributed by atoms with Gasteiger partial charge in [-0.2, -0.15) is 0 Å². The Morgan fingerprint density at radius 2 is 1.67 bits per heavy atom. The summed E-state index contributed by atoms with van der Waals surface area (Å²) in [5.74, 6) is -0.422. The number of rotatable bonds is 11. The molecule has 5 nitrogen and oxygen atoms in total. The van der Waals surface area contributed by atoms with Crippen molar-refractivity contribution in [3.8, 4) is 0 Å². The minimum Gasteiger partial charge on any atom is -0.466 e. The Balaban J connectivity index is 2.50. The molecule has 1 amide bonds. The maximum Gasteiger partial charge on any atom is 0.307 e. The summed E-state index contributed by atoms with van der Waals surface area (Å²) < 4.78 is 4.90. The first kappa shape index (κ1) is 19.9. The third kappa shape index (κ3) is 7.40. The van der Waals surface area contributed by atoms with Crippen LogP contribution in [0.25, 0.3) is 0 Å². The predicted octanol–water partition coefficient (Wildman–Crippen LogP) is 3.23. The van der Waals surface area contributed by atoms with E-state index in [1.54, 1.807) is 24.0 Å². The van der Waals surface area contributed by atoms with Crippen molar-refractivity contribution in [2.24, 2.45) is 0 Å². The van der Waals surface area contributed by atoms with Crippen molar-refractivity contribution in [2.45, 2.75) is 46.0 Å². The Bertz CT molecular complexity index is 527. The van der Waals surface area contributed by atoms with Crippen molar-refractivity contribution in [2.75, 3.05) is 19.7 Å². The predicted molar refractivity (Wildman–Crippen MR) is 92.7 cm³/mol. The van der Waals surface area contributed by atoms with E-state index < -0.39 is 0 Å². The largest absolute Gasteiger partial charge is 0.466 e. The van der Waals surface area contributed by atoms with Gasteiger partial charge in [-0.1, -0.05) is 43.7 Å². The SMILES string of the molecule is CCCCN(CCC(=O)OCC)C(=O)CCC(=O)c1ccccc1. The number of carbonyl (C=O) groups is 3. The Labute approximate surface area is 144 Å². The molecule has 1 aromatic carbocycles. The molecule has 5 heteroatoms. The van der Waals surface area contributed by atoms with Gasteiger partial charge in [-0.05, 0) is 13.3 Å². The van der Waals surface area contributed by atoms with E-state index in [4.69, 9.17) is 4.74 Å². The van der Waals surface area contributed by atoms with E-state index in [-0.39, 0.29) is 36.9 Å². The van der Waals surface area contributed by atoms with Crippen molar-refractivity contribution in [3.63, 3.8) is 0 Å². The fourth-order valence-electron chi connectivity index (χ4n) is 2.32. The average molecular weight is 333 g/mol. The van der Waals surface area contributed by atoms with Gasteiger partial charge in [-0.15, -0.1) is 0 Å². The summed E-state index contributed by atoms with van der Waals surface area (Å²) in [5, 5.41) is 0. The molecule has 0 aliphatic carbocycles. The highest BCUT2D eigenvalue weighted by molar-refractivity contribution is 5.97. The highest BCUT2D eigenvalue weighted by Gasteiger charge is 2.16. The lowest BCUT2D eigenvalue weighted by Crippen LogP contribution is -2.34. The van der Waals surface area contributed by atoms with Crippen LogP contribution in [-0.2, 0) is 14.3 Å². The number of nitrogens with zero attached hydrogens (tertiary/aromatic N) is 1. The molecule has 1 rings (SSSR count). The summed E-state index contributed by atoms with van der Waals surface area (Å²) in [4.78, 5) is 37.6. The lowest BCUT2D eigenvalue weighted by molar-refractivity contribution is -0.144. The molecule has 0 spiro atoms. The van der Waals surface area contributed by atoms with E-state index >= 15 is 0 Å². The molecule has 24 heavy (non-hydrogen) atoms. The monoisotopic (exact) mass is 333 g/mol. The van der Waals surface area contributed by atoms with Crippen LogP contribution in [0.4, 0.5) is 0 Å². The highest BCUT2D eigenvalue weighted by atomic mass is 16.5. The Morgan fingerprint density at radius 3 is 2.29 bits per heavy atom. The van der Waals surface area contributed by atoms with Crippen LogP contribution in [0.3, 0.4) is 0 Å². The van der Waals surface area contributed by atoms with Gasteiger partial charge >= 0.3 is 5.97 Å². The molecular weight excluding hydrogens is 306 g/mol. The third-order valence-corrected chi connectivity index (χ3v) is 3.69. The number of hydrogen-bond donors (Lipinski definition) is 0. The molecule has 0 atom stereocenters. The zero-order chi connectivity index (χ0) is 17.8. The minimum atomic E-state index is -0.299. The van der Waals surface area contributed by atoms with Crippen molar-refractivity contribution in [3.05, 3.63) is 35.9 Å². The number of amides is 1. The Morgan fingerprint density at radius 1 is 0.958 bits per heavy atom. The fraction of sp³-hybridized carbons (Fsp3) is 0.526. The van der Waals surface area contributed by atoms with Crippen LogP contribution in [0.5, 0.6) is 0 Å². The second-order valence-corrected chi connectivity index (χ2v) is 5.58. The number of unbranched alkanes of at least 4 members (excludes halogenated alkanes) is 1. The van der Waals surface area contributed by atoms with Gasteiger partial charge in [0.05, 0.1) is 13.0 Å². The van der Waals surface area contributed by atoms with E-state index in [9.17, 15) is 14.4 Å². The standard InChI is InChI=1S/C19H27NO4/c1-3-5-14-20(15-13-19(23)24-4-2)18(22)12-11-17(21)16-9-7-6-8-10-16/h6-10H,3-5,11-15H2,1-2H3. The molecule has 0 radical (unpaired) electrons. The number of ether oxygens (including phenoxy) is 1. The number of esters is 1. The van der Waals surface area contributed by atoms with E-state index in [0.29, 0.717) is 25.3 Å². The van der Waals surface area contributed by atoms with Gasteiger partial charge in [0.15, 0.2) is 5.78 Å². The molecule has 0 aromatic heterocycles. The van der Waals surface area contributed by atoms with Crippen LogP contribution in [0.2, 0.25) is 0 Å². The van der Waals surface area contributed by atoms with Gasteiger partial charge < -0.3 is 9.64 Å². The summed E-state index contributed by atoms with van der Waals surface area (Å²) in [5.41, 5.74) is 0.622. The van der Waals surface area contributed by atoms with Crippen LogP contribution in [0.1, 0.15) is 56.3 Å². The molecule has 1 aromatic rings. The second-order valence-electron chi connectivity index (χ2n) is 5.58. The smallest absolute Gasteiger partial charge is 0.307 e. The molecule has 0 N–H and O–H groups in total. The van der Waals surface area contributed by atoms with Gasteiger partial charge in [0.1, 0.15) is 0 Å². The molecule has 0 bridgehead atoms. The Kier molecular flexibility index (Phi) is 9.42. The Hall–Kier alpha value is -2.17. The summed E-state index contributed by atoms with van der Waals surface area (Å²) >= 11 is 0. The first-order chi connectivity index (χ1) is 11.6. The molecule has 0 saturated heterocycles. The fourth-order valence-corrected chi connectivity index (χ4v) is 2.32. The number of Topliss-reactive ketones (excluding diaryl/α,β-unsaturated/α-hetero) is 1. The van der Waals surface area contributed by atoms with Crippen LogP contribution in [0.15, 0.2) is 30.3 Å².